The Bertz CT molecular complexity index is 1120. The molecule has 0 bridgehead atoms. The van der Waals surface area contributed by atoms with Gasteiger partial charge in [-0.3, -0.25) is 9.69 Å². The minimum absolute atomic E-state index is 0.0430. The van der Waals surface area contributed by atoms with Crippen LogP contribution >= 0.6 is 24.0 Å². The standard InChI is InChI=1S/C23H23NO5S3/c25-21(11-8-16-4-2-1-3-5-16)29-19-9-6-17(7-10-19)14-20-22(26)24(23(30)31-20)18-12-13-32(27,28)15-18/h1-2,6-11,14,16,18H,3-5,12-13,15H2/b11-8+,20-14-/t16-,18-/m1/s1. The maximum absolute atomic E-state index is 12.8. The normalized spacial score (nSPS) is 26.4. The van der Waals surface area contributed by atoms with Crippen LogP contribution in [0.4, 0.5) is 0 Å². The molecule has 9 heteroatoms. The van der Waals surface area contributed by atoms with Gasteiger partial charge in [0.05, 0.1) is 22.5 Å². The van der Waals surface area contributed by atoms with E-state index in [1.165, 1.54) is 22.7 Å². The van der Waals surface area contributed by atoms with Crippen LogP contribution in [0.15, 0.2) is 53.5 Å². The van der Waals surface area contributed by atoms with Crippen LogP contribution in [-0.4, -0.2) is 47.1 Å². The van der Waals surface area contributed by atoms with Gasteiger partial charge >= 0.3 is 5.97 Å². The van der Waals surface area contributed by atoms with E-state index in [2.05, 4.69) is 12.2 Å². The van der Waals surface area contributed by atoms with Gasteiger partial charge in [0.25, 0.3) is 5.91 Å². The SMILES string of the molecule is O=C(/C=C/[C@@H]1CC=CCC1)Oc1ccc(/C=C2\SC(=S)N([C@@H]3CCS(=O)(=O)C3)C2=O)cc1. The largest absolute Gasteiger partial charge is 0.423 e. The first-order valence-corrected chi connectivity index (χ1v) is 13.5. The molecular weight excluding hydrogens is 466 g/mol. The zero-order valence-corrected chi connectivity index (χ0v) is 19.8. The number of thiocarbonyl (C=S) groups is 1. The smallest absolute Gasteiger partial charge is 0.335 e. The molecule has 0 N–H and O–H groups in total. The lowest BCUT2D eigenvalue weighted by Gasteiger charge is -2.20. The second-order valence-corrected chi connectivity index (χ2v) is 11.9. The third-order valence-electron chi connectivity index (χ3n) is 5.61. The van der Waals surface area contributed by atoms with E-state index < -0.39 is 21.8 Å². The highest BCUT2D eigenvalue weighted by Crippen LogP contribution is 2.36. The third kappa shape index (κ3) is 5.57. The number of hydrogen-bond donors (Lipinski definition) is 0. The molecular formula is C23H23NO5S3. The minimum atomic E-state index is -3.11. The molecule has 2 atom stereocenters. The van der Waals surface area contributed by atoms with E-state index in [1.54, 1.807) is 30.3 Å². The molecule has 0 radical (unpaired) electrons. The first-order chi connectivity index (χ1) is 15.3. The van der Waals surface area contributed by atoms with Gasteiger partial charge in [-0.1, -0.05) is 54.3 Å². The Morgan fingerprint density at radius 1 is 1.19 bits per heavy atom. The molecule has 4 rings (SSSR count). The summed E-state index contributed by atoms with van der Waals surface area (Å²) in [4.78, 5) is 26.7. The average Bonchev–Trinajstić information content (AvgIpc) is 3.26. The summed E-state index contributed by atoms with van der Waals surface area (Å²) in [5.41, 5.74) is 0.758. The molecule has 168 valence electrons. The molecule has 2 aliphatic heterocycles. The highest BCUT2D eigenvalue weighted by atomic mass is 32.2. The number of carbonyl (C=O) groups excluding carboxylic acids is 2. The number of allylic oxidation sites excluding steroid dienone is 3. The first-order valence-electron chi connectivity index (χ1n) is 10.4. The Morgan fingerprint density at radius 3 is 2.62 bits per heavy atom. The predicted octanol–water partition coefficient (Wildman–Crippen LogP) is 3.89. The number of esters is 1. The molecule has 3 aliphatic rings. The lowest BCUT2D eigenvalue weighted by Crippen LogP contribution is -2.39. The number of benzene rings is 1. The first kappa shape index (κ1) is 22.9. The van der Waals surface area contributed by atoms with E-state index in [9.17, 15) is 18.0 Å². The molecule has 1 amide bonds. The van der Waals surface area contributed by atoms with E-state index in [1.807, 2.05) is 6.08 Å². The molecule has 6 nitrogen and oxygen atoms in total. The van der Waals surface area contributed by atoms with E-state index >= 15 is 0 Å². The molecule has 0 spiro atoms. The molecule has 2 saturated heterocycles. The van der Waals surface area contributed by atoms with E-state index in [0.717, 1.165) is 24.8 Å². The molecule has 1 aromatic rings. The number of nitrogens with zero attached hydrogens (tertiary/aromatic N) is 1. The summed E-state index contributed by atoms with van der Waals surface area (Å²) in [7, 11) is -3.11. The predicted molar refractivity (Wildman–Crippen MR) is 130 cm³/mol. The van der Waals surface area contributed by atoms with Crippen LogP contribution < -0.4 is 4.74 Å². The maximum atomic E-state index is 12.8. The van der Waals surface area contributed by atoms with E-state index in [0.29, 0.717) is 27.3 Å². The van der Waals surface area contributed by atoms with Gasteiger partial charge in [0, 0.05) is 6.08 Å². The van der Waals surface area contributed by atoms with Crippen molar-refractivity contribution >= 4 is 56.1 Å². The Morgan fingerprint density at radius 2 is 1.97 bits per heavy atom. The molecule has 1 aromatic carbocycles. The van der Waals surface area contributed by atoms with Crippen molar-refractivity contribution in [1.82, 2.24) is 4.90 Å². The summed E-state index contributed by atoms with van der Waals surface area (Å²) in [5.74, 6) is 0.154. The van der Waals surface area contributed by atoms with Crippen LogP contribution in [0.3, 0.4) is 0 Å². The van der Waals surface area contributed by atoms with Gasteiger partial charge in [0.1, 0.15) is 10.1 Å². The van der Waals surface area contributed by atoms with Crippen molar-refractivity contribution in [3.8, 4) is 5.75 Å². The summed E-state index contributed by atoms with van der Waals surface area (Å²) in [6, 6.07) is 6.46. The highest BCUT2D eigenvalue weighted by molar-refractivity contribution is 8.26. The lowest BCUT2D eigenvalue weighted by atomic mass is 9.94. The van der Waals surface area contributed by atoms with Crippen molar-refractivity contribution in [2.45, 2.75) is 31.7 Å². The Hall–Kier alpha value is -2.23. The van der Waals surface area contributed by atoms with Gasteiger partial charge < -0.3 is 4.74 Å². The quantitative estimate of drug-likeness (QED) is 0.204. The van der Waals surface area contributed by atoms with Crippen LogP contribution in [0, 0.1) is 5.92 Å². The maximum Gasteiger partial charge on any atom is 0.335 e. The summed E-state index contributed by atoms with van der Waals surface area (Å²) < 4.78 is 29.3. The summed E-state index contributed by atoms with van der Waals surface area (Å²) in [6.07, 6.45) is 12.8. The van der Waals surface area contributed by atoms with Crippen LogP contribution in [-0.2, 0) is 19.4 Å². The Kier molecular flexibility index (Phi) is 6.97. The topological polar surface area (TPSA) is 80.8 Å². The number of sulfone groups is 1. The molecule has 0 unspecified atom stereocenters. The van der Waals surface area contributed by atoms with E-state index in [-0.39, 0.29) is 17.4 Å². The third-order valence-corrected chi connectivity index (χ3v) is 8.69. The molecule has 32 heavy (non-hydrogen) atoms. The number of hydrogen-bond acceptors (Lipinski definition) is 7. The molecule has 2 heterocycles. The van der Waals surface area contributed by atoms with Crippen molar-refractivity contribution in [2.24, 2.45) is 5.92 Å². The fourth-order valence-electron chi connectivity index (χ4n) is 3.91. The number of amides is 1. The number of carbonyl (C=O) groups is 2. The fraction of sp³-hybridized carbons (Fsp3) is 0.348. The second-order valence-electron chi connectivity index (χ2n) is 8.00. The summed E-state index contributed by atoms with van der Waals surface area (Å²) >= 11 is 6.50. The summed E-state index contributed by atoms with van der Waals surface area (Å²) in [5, 5.41) is 0. The van der Waals surface area contributed by atoms with Crippen molar-refractivity contribution in [2.75, 3.05) is 11.5 Å². The zero-order valence-electron chi connectivity index (χ0n) is 17.3. The number of ether oxygens (including phenoxy) is 1. The van der Waals surface area contributed by atoms with Gasteiger partial charge in [-0.05, 0) is 55.4 Å². The Balaban J connectivity index is 1.37. The van der Waals surface area contributed by atoms with Gasteiger partial charge in [0.2, 0.25) is 0 Å². The second kappa shape index (κ2) is 9.72. The van der Waals surface area contributed by atoms with Gasteiger partial charge in [-0.2, -0.15) is 0 Å². The lowest BCUT2D eigenvalue weighted by molar-refractivity contribution is -0.129. The Labute approximate surface area is 197 Å². The van der Waals surface area contributed by atoms with Crippen molar-refractivity contribution < 1.29 is 22.7 Å². The van der Waals surface area contributed by atoms with Gasteiger partial charge in [-0.25, -0.2) is 13.2 Å². The minimum Gasteiger partial charge on any atom is -0.423 e. The molecule has 0 saturated carbocycles. The fourth-order valence-corrected chi connectivity index (χ4v) is 7.01. The monoisotopic (exact) mass is 489 g/mol. The average molecular weight is 490 g/mol. The molecule has 0 aromatic heterocycles. The van der Waals surface area contributed by atoms with Gasteiger partial charge in [-0.15, -0.1) is 0 Å². The number of rotatable bonds is 5. The zero-order chi connectivity index (χ0) is 22.7. The highest BCUT2D eigenvalue weighted by Gasteiger charge is 2.42. The van der Waals surface area contributed by atoms with Crippen molar-refractivity contribution in [3.05, 3.63) is 59.0 Å². The van der Waals surface area contributed by atoms with Gasteiger partial charge in [0.15, 0.2) is 9.84 Å². The number of thioether (sulfide) groups is 1. The van der Waals surface area contributed by atoms with Crippen LogP contribution in [0.1, 0.15) is 31.2 Å². The van der Waals surface area contributed by atoms with E-state index in [4.69, 9.17) is 17.0 Å². The van der Waals surface area contributed by atoms with Crippen molar-refractivity contribution in [1.29, 1.82) is 0 Å². The molecule has 2 fully saturated rings. The van der Waals surface area contributed by atoms with Crippen molar-refractivity contribution in [3.63, 3.8) is 0 Å². The molecule has 1 aliphatic carbocycles. The van der Waals surface area contributed by atoms with Crippen LogP contribution in [0.25, 0.3) is 6.08 Å². The van der Waals surface area contributed by atoms with Crippen LogP contribution in [0.5, 0.6) is 5.75 Å². The van der Waals surface area contributed by atoms with Crippen LogP contribution in [0.2, 0.25) is 0 Å². The summed E-state index contributed by atoms with van der Waals surface area (Å²) in [6.45, 7) is 0.